The van der Waals surface area contributed by atoms with Crippen molar-refractivity contribution in [3.8, 4) is 5.88 Å². The molecule has 0 atom stereocenters. The lowest BCUT2D eigenvalue weighted by atomic mass is 10.2. The molecule has 1 saturated heterocycles. The van der Waals surface area contributed by atoms with Crippen molar-refractivity contribution in [3.05, 3.63) is 12.1 Å². The number of nitrogens with zero attached hydrogens (tertiary/aromatic N) is 2. The molecule has 0 saturated carbocycles. The second-order valence-electron chi connectivity index (χ2n) is 5.76. The largest absolute Gasteiger partial charge is 0.476 e. The summed E-state index contributed by atoms with van der Waals surface area (Å²) in [6, 6.07) is 3.58. The van der Waals surface area contributed by atoms with Gasteiger partial charge < -0.3 is 15.4 Å². The zero-order valence-corrected chi connectivity index (χ0v) is 13.4. The molecule has 2 rings (SSSR count). The summed E-state index contributed by atoms with van der Waals surface area (Å²) in [5, 5.41) is 0. The first-order valence-electron chi connectivity index (χ1n) is 7.22. The number of hydrogen-bond acceptors (Lipinski definition) is 6. The van der Waals surface area contributed by atoms with Crippen LogP contribution in [0.5, 0.6) is 5.88 Å². The molecule has 1 fully saturated rings. The predicted molar refractivity (Wildman–Crippen MR) is 84.5 cm³/mol. The van der Waals surface area contributed by atoms with Gasteiger partial charge >= 0.3 is 0 Å². The van der Waals surface area contributed by atoms with E-state index in [1.54, 1.807) is 6.07 Å². The van der Waals surface area contributed by atoms with Crippen LogP contribution < -0.4 is 15.4 Å². The SMILES string of the molecule is CC(C)COc1nc(N2CCCS(=O)(=O)CC2)ccc1N. The number of hydrogen-bond donors (Lipinski definition) is 1. The molecule has 0 spiro atoms. The molecule has 0 aliphatic carbocycles. The molecule has 21 heavy (non-hydrogen) atoms. The zero-order valence-electron chi connectivity index (χ0n) is 12.6. The number of ether oxygens (including phenoxy) is 1. The third-order valence-corrected chi connectivity index (χ3v) is 5.02. The Labute approximate surface area is 126 Å². The minimum absolute atomic E-state index is 0.168. The molecule has 1 aromatic heterocycles. The minimum Gasteiger partial charge on any atom is -0.476 e. The van der Waals surface area contributed by atoms with E-state index in [9.17, 15) is 8.42 Å². The fourth-order valence-corrected chi connectivity index (χ4v) is 3.42. The van der Waals surface area contributed by atoms with Gasteiger partial charge in [-0.1, -0.05) is 13.8 Å². The van der Waals surface area contributed by atoms with Crippen LogP contribution in [0.1, 0.15) is 20.3 Å². The van der Waals surface area contributed by atoms with Crippen LogP contribution >= 0.6 is 0 Å². The fraction of sp³-hybridized carbons (Fsp3) is 0.643. The van der Waals surface area contributed by atoms with Crippen LogP contribution in [-0.4, -0.2) is 44.6 Å². The third-order valence-electron chi connectivity index (χ3n) is 3.31. The second-order valence-corrected chi connectivity index (χ2v) is 8.06. The second kappa shape index (κ2) is 6.51. The highest BCUT2D eigenvalue weighted by molar-refractivity contribution is 7.91. The van der Waals surface area contributed by atoms with E-state index in [4.69, 9.17) is 10.5 Å². The van der Waals surface area contributed by atoms with Gasteiger partial charge in [-0.15, -0.1) is 0 Å². The lowest BCUT2D eigenvalue weighted by molar-refractivity contribution is 0.263. The molecule has 2 N–H and O–H groups in total. The molecule has 118 valence electrons. The van der Waals surface area contributed by atoms with Gasteiger partial charge in [-0.25, -0.2) is 8.42 Å². The number of rotatable bonds is 4. The Kier molecular flexibility index (Phi) is 4.92. The number of sulfone groups is 1. The van der Waals surface area contributed by atoms with Gasteiger partial charge in [0.1, 0.15) is 5.82 Å². The lowest BCUT2D eigenvalue weighted by Gasteiger charge is -2.22. The van der Waals surface area contributed by atoms with Gasteiger partial charge in [-0.2, -0.15) is 4.98 Å². The van der Waals surface area contributed by atoms with Crippen LogP contribution in [0.3, 0.4) is 0 Å². The Morgan fingerprint density at radius 1 is 1.33 bits per heavy atom. The van der Waals surface area contributed by atoms with Crippen LogP contribution in [0.15, 0.2) is 12.1 Å². The van der Waals surface area contributed by atoms with Gasteiger partial charge in [0, 0.05) is 13.1 Å². The van der Waals surface area contributed by atoms with Crippen LogP contribution in [0.25, 0.3) is 0 Å². The van der Waals surface area contributed by atoms with Gasteiger partial charge in [0.15, 0.2) is 9.84 Å². The van der Waals surface area contributed by atoms with Crippen molar-refractivity contribution in [2.75, 3.05) is 41.8 Å². The van der Waals surface area contributed by atoms with E-state index in [0.29, 0.717) is 43.6 Å². The summed E-state index contributed by atoms with van der Waals surface area (Å²) in [4.78, 5) is 6.42. The van der Waals surface area contributed by atoms with Crippen LogP contribution in [0.2, 0.25) is 0 Å². The first-order chi connectivity index (χ1) is 9.87. The number of pyridine rings is 1. The Bertz CT molecular complexity index is 587. The third kappa shape index (κ3) is 4.49. The van der Waals surface area contributed by atoms with Crippen molar-refractivity contribution in [2.45, 2.75) is 20.3 Å². The first-order valence-corrected chi connectivity index (χ1v) is 9.04. The topological polar surface area (TPSA) is 85.5 Å². The predicted octanol–water partition coefficient (Wildman–Crippen LogP) is 1.32. The van der Waals surface area contributed by atoms with Crippen LogP contribution in [0, 0.1) is 5.92 Å². The summed E-state index contributed by atoms with van der Waals surface area (Å²) in [6.45, 7) is 5.80. The molecule has 0 aromatic carbocycles. The molecule has 0 bridgehead atoms. The van der Waals surface area contributed by atoms with E-state index in [1.165, 1.54) is 0 Å². The summed E-state index contributed by atoms with van der Waals surface area (Å²) in [6.07, 6.45) is 0.622. The number of anilines is 2. The van der Waals surface area contributed by atoms with Crippen molar-refractivity contribution in [2.24, 2.45) is 5.92 Å². The highest BCUT2D eigenvalue weighted by Crippen LogP contribution is 2.24. The fourth-order valence-electron chi connectivity index (χ4n) is 2.15. The van der Waals surface area contributed by atoms with Gasteiger partial charge in [0.25, 0.3) is 0 Å². The maximum absolute atomic E-state index is 11.7. The number of nitrogens with two attached hydrogens (primary N) is 1. The van der Waals surface area contributed by atoms with Crippen molar-refractivity contribution in [3.63, 3.8) is 0 Å². The lowest BCUT2D eigenvalue weighted by Crippen LogP contribution is -2.27. The van der Waals surface area contributed by atoms with Crippen molar-refractivity contribution >= 4 is 21.3 Å². The normalized spacial score (nSPS) is 18.5. The summed E-state index contributed by atoms with van der Waals surface area (Å²) < 4.78 is 28.9. The molecular formula is C14H23N3O3S. The van der Waals surface area contributed by atoms with Gasteiger partial charge in [0.05, 0.1) is 23.8 Å². The summed E-state index contributed by atoms with van der Waals surface area (Å²) in [7, 11) is -2.93. The Hall–Kier alpha value is -1.50. The molecule has 0 unspecified atom stereocenters. The monoisotopic (exact) mass is 313 g/mol. The average Bonchev–Trinajstić information content (AvgIpc) is 2.59. The highest BCUT2D eigenvalue weighted by atomic mass is 32.2. The molecule has 1 aliphatic heterocycles. The maximum atomic E-state index is 11.7. The average molecular weight is 313 g/mol. The van der Waals surface area contributed by atoms with E-state index in [-0.39, 0.29) is 11.5 Å². The van der Waals surface area contributed by atoms with E-state index < -0.39 is 9.84 Å². The Morgan fingerprint density at radius 3 is 2.81 bits per heavy atom. The smallest absolute Gasteiger partial charge is 0.239 e. The summed E-state index contributed by atoms with van der Waals surface area (Å²) in [5.41, 5.74) is 6.38. The standard InChI is InChI=1S/C14H23N3O3S/c1-11(2)10-20-14-12(15)4-5-13(16-14)17-6-3-8-21(18,19)9-7-17/h4-5,11H,3,6-10,15H2,1-2H3. The van der Waals surface area contributed by atoms with Gasteiger partial charge in [-0.05, 0) is 24.5 Å². The van der Waals surface area contributed by atoms with Crippen molar-refractivity contribution in [1.29, 1.82) is 0 Å². The van der Waals surface area contributed by atoms with Gasteiger partial charge in [0.2, 0.25) is 5.88 Å². The molecule has 2 heterocycles. The molecule has 1 aromatic rings. The molecule has 7 heteroatoms. The Balaban J connectivity index is 2.14. The quantitative estimate of drug-likeness (QED) is 0.902. The highest BCUT2D eigenvalue weighted by Gasteiger charge is 2.20. The minimum atomic E-state index is -2.93. The van der Waals surface area contributed by atoms with E-state index in [1.807, 2.05) is 11.0 Å². The number of aromatic nitrogens is 1. The van der Waals surface area contributed by atoms with Gasteiger partial charge in [-0.3, -0.25) is 0 Å². The first kappa shape index (κ1) is 15.9. The maximum Gasteiger partial charge on any atom is 0.239 e. The van der Waals surface area contributed by atoms with Crippen molar-refractivity contribution < 1.29 is 13.2 Å². The van der Waals surface area contributed by atoms with E-state index >= 15 is 0 Å². The molecule has 0 radical (unpaired) electrons. The number of nitrogen functional groups attached to an aromatic ring is 1. The van der Waals surface area contributed by atoms with E-state index in [2.05, 4.69) is 18.8 Å². The molecule has 1 aliphatic rings. The van der Waals surface area contributed by atoms with Crippen LogP contribution in [0.4, 0.5) is 11.5 Å². The summed E-state index contributed by atoms with van der Waals surface area (Å²) >= 11 is 0. The molecular weight excluding hydrogens is 290 g/mol. The van der Waals surface area contributed by atoms with E-state index in [0.717, 1.165) is 5.82 Å². The molecule has 0 amide bonds. The molecule has 6 nitrogen and oxygen atoms in total. The summed E-state index contributed by atoms with van der Waals surface area (Å²) in [5.74, 6) is 1.95. The Morgan fingerprint density at radius 2 is 2.10 bits per heavy atom. The van der Waals surface area contributed by atoms with Crippen molar-refractivity contribution in [1.82, 2.24) is 4.98 Å². The zero-order chi connectivity index (χ0) is 15.5. The van der Waals surface area contributed by atoms with Crippen LogP contribution in [-0.2, 0) is 9.84 Å².